The van der Waals surface area contributed by atoms with Gasteiger partial charge >= 0.3 is 0 Å². The molecule has 0 unspecified atom stereocenters. The highest BCUT2D eigenvalue weighted by Gasteiger charge is 2.17. The summed E-state index contributed by atoms with van der Waals surface area (Å²) in [5, 5.41) is 2.91. The molecule has 0 spiro atoms. The van der Waals surface area contributed by atoms with E-state index in [9.17, 15) is 4.79 Å². The first kappa shape index (κ1) is 20.8. The van der Waals surface area contributed by atoms with Gasteiger partial charge in [0, 0.05) is 6.42 Å². The molecule has 27 heavy (non-hydrogen) atoms. The second-order valence-corrected chi connectivity index (χ2v) is 7.19. The van der Waals surface area contributed by atoms with Gasteiger partial charge in [-0.25, -0.2) is 0 Å². The molecule has 0 aliphatic heterocycles. The molecule has 0 radical (unpaired) electrons. The van der Waals surface area contributed by atoms with Crippen LogP contribution in [0.1, 0.15) is 52.5 Å². The monoisotopic (exact) mass is 369 g/mol. The van der Waals surface area contributed by atoms with Gasteiger partial charge in [-0.3, -0.25) is 4.79 Å². The summed E-state index contributed by atoms with van der Waals surface area (Å²) in [5.74, 6) is 1.50. The molecule has 4 nitrogen and oxygen atoms in total. The molecule has 0 aliphatic carbocycles. The van der Waals surface area contributed by atoms with Crippen LogP contribution in [-0.4, -0.2) is 19.1 Å². The number of rotatable bonds is 10. The van der Waals surface area contributed by atoms with Gasteiger partial charge in [0.1, 0.15) is 11.5 Å². The van der Waals surface area contributed by atoms with Crippen LogP contribution in [-0.2, 0) is 10.2 Å². The first-order valence-electron chi connectivity index (χ1n) is 9.71. The van der Waals surface area contributed by atoms with Crippen molar-refractivity contribution >= 4 is 11.6 Å². The zero-order chi connectivity index (χ0) is 19.7. The molecular formula is C23H31NO3. The van der Waals surface area contributed by atoms with Crippen molar-refractivity contribution in [3.8, 4) is 11.5 Å². The summed E-state index contributed by atoms with van der Waals surface area (Å²) in [5.41, 5.74) is 2.19. The average molecular weight is 370 g/mol. The molecule has 2 aromatic rings. The Morgan fingerprint density at radius 2 is 1.70 bits per heavy atom. The second kappa shape index (κ2) is 10.0. The maximum absolute atomic E-state index is 12.1. The van der Waals surface area contributed by atoms with Gasteiger partial charge in [-0.15, -0.1) is 0 Å². The van der Waals surface area contributed by atoms with Crippen LogP contribution in [0.4, 0.5) is 5.69 Å². The molecule has 0 atom stereocenters. The molecule has 146 valence electrons. The Morgan fingerprint density at radius 1 is 1.00 bits per heavy atom. The SMILES string of the molecule is CCOc1ccccc1NC(=O)CCCOc1ccc(C(C)(C)CC)cc1. The van der Waals surface area contributed by atoms with Gasteiger partial charge in [0.25, 0.3) is 0 Å². The van der Waals surface area contributed by atoms with E-state index in [0.717, 1.165) is 12.2 Å². The van der Waals surface area contributed by atoms with E-state index in [0.29, 0.717) is 37.5 Å². The lowest BCUT2D eigenvalue weighted by atomic mass is 9.82. The topological polar surface area (TPSA) is 47.6 Å². The summed E-state index contributed by atoms with van der Waals surface area (Å²) in [7, 11) is 0. The Bertz CT molecular complexity index is 723. The summed E-state index contributed by atoms with van der Waals surface area (Å²) in [6, 6.07) is 15.7. The minimum absolute atomic E-state index is 0.0363. The fraction of sp³-hybridized carbons (Fsp3) is 0.435. The Balaban J connectivity index is 1.76. The third-order valence-electron chi connectivity index (χ3n) is 4.80. The molecule has 2 aromatic carbocycles. The zero-order valence-corrected chi connectivity index (χ0v) is 16.9. The summed E-state index contributed by atoms with van der Waals surface area (Å²) in [6.45, 7) is 9.68. The van der Waals surface area contributed by atoms with Crippen molar-refractivity contribution in [3.05, 3.63) is 54.1 Å². The maximum Gasteiger partial charge on any atom is 0.224 e. The van der Waals surface area contributed by atoms with Crippen molar-refractivity contribution in [1.82, 2.24) is 0 Å². The zero-order valence-electron chi connectivity index (χ0n) is 16.9. The fourth-order valence-corrected chi connectivity index (χ4v) is 2.69. The van der Waals surface area contributed by atoms with Crippen LogP contribution in [0.2, 0.25) is 0 Å². The Morgan fingerprint density at radius 3 is 2.37 bits per heavy atom. The van der Waals surface area contributed by atoms with E-state index in [1.54, 1.807) is 0 Å². The minimum Gasteiger partial charge on any atom is -0.494 e. The quantitative estimate of drug-likeness (QED) is 0.557. The highest BCUT2D eigenvalue weighted by molar-refractivity contribution is 5.92. The number of nitrogens with one attached hydrogen (secondary N) is 1. The summed E-state index contributed by atoms with van der Waals surface area (Å²) in [6.07, 6.45) is 2.15. The Labute approximate surface area is 162 Å². The molecule has 0 saturated heterocycles. The van der Waals surface area contributed by atoms with Crippen molar-refractivity contribution in [2.75, 3.05) is 18.5 Å². The minimum atomic E-state index is -0.0363. The van der Waals surface area contributed by atoms with Crippen LogP contribution < -0.4 is 14.8 Å². The molecule has 1 N–H and O–H groups in total. The highest BCUT2D eigenvalue weighted by Crippen LogP contribution is 2.28. The standard InChI is InChI=1S/C23H31NO3/c1-5-23(3,4)18-13-15-19(16-14-18)27-17-9-12-22(25)24-20-10-7-8-11-21(20)26-6-2/h7-8,10-11,13-16H,5-6,9,12,17H2,1-4H3,(H,24,25). The van der Waals surface area contributed by atoms with Crippen molar-refractivity contribution < 1.29 is 14.3 Å². The van der Waals surface area contributed by atoms with Gasteiger partial charge in [0.15, 0.2) is 0 Å². The molecule has 0 aliphatic rings. The van der Waals surface area contributed by atoms with Crippen LogP contribution in [0.25, 0.3) is 0 Å². The molecule has 0 bridgehead atoms. The number of benzene rings is 2. The summed E-state index contributed by atoms with van der Waals surface area (Å²) < 4.78 is 11.3. The van der Waals surface area contributed by atoms with Gasteiger partial charge < -0.3 is 14.8 Å². The van der Waals surface area contributed by atoms with Gasteiger partial charge in [-0.2, -0.15) is 0 Å². The molecule has 1 amide bonds. The number of carbonyl (C=O) groups is 1. The van der Waals surface area contributed by atoms with Crippen molar-refractivity contribution in [2.45, 2.75) is 52.4 Å². The van der Waals surface area contributed by atoms with E-state index in [1.807, 2.05) is 43.3 Å². The van der Waals surface area contributed by atoms with E-state index < -0.39 is 0 Å². The predicted molar refractivity (Wildman–Crippen MR) is 111 cm³/mol. The lowest BCUT2D eigenvalue weighted by molar-refractivity contribution is -0.116. The Hall–Kier alpha value is -2.49. The van der Waals surface area contributed by atoms with E-state index in [4.69, 9.17) is 9.47 Å². The van der Waals surface area contributed by atoms with Crippen LogP contribution in [0, 0.1) is 0 Å². The molecule has 2 rings (SSSR count). The van der Waals surface area contributed by atoms with Gasteiger partial charge in [0.2, 0.25) is 5.91 Å². The van der Waals surface area contributed by atoms with Crippen LogP contribution in [0.5, 0.6) is 11.5 Å². The highest BCUT2D eigenvalue weighted by atomic mass is 16.5. The number of amides is 1. The maximum atomic E-state index is 12.1. The largest absolute Gasteiger partial charge is 0.494 e. The number of hydrogen-bond donors (Lipinski definition) is 1. The van der Waals surface area contributed by atoms with Gasteiger partial charge in [0.05, 0.1) is 18.9 Å². The first-order chi connectivity index (χ1) is 13.0. The van der Waals surface area contributed by atoms with Crippen molar-refractivity contribution in [3.63, 3.8) is 0 Å². The number of ether oxygens (including phenoxy) is 2. The lowest BCUT2D eigenvalue weighted by Crippen LogP contribution is -2.15. The number of hydrogen-bond acceptors (Lipinski definition) is 3. The molecule has 0 saturated carbocycles. The van der Waals surface area contributed by atoms with E-state index in [-0.39, 0.29) is 11.3 Å². The van der Waals surface area contributed by atoms with Crippen LogP contribution in [0.15, 0.2) is 48.5 Å². The summed E-state index contributed by atoms with van der Waals surface area (Å²) >= 11 is 0. The predicted octanol–water partition coefficient (Wildman–Crippen LogP) is 5.57. The van der Waals surface area contributed by atoms with Crippen LogP contribution >= 0.6 is 0 Å². The first-order valence-corrected chi connectivity index (χ1v) is 9.71. The van der Waals surface area contributed by atoms with Crippen molar-refractivity contribution in [2.24, 2.45) is 0 Å². The number of para-hydroxylation sites is 2. The molecule has 4 heteroatoms. The number of anilines is 1. The second-order valence-electron chi connectivity index (χ2n) is 7.19. The third-order valence-corrected chi connectivity index (χ3v) is 4.80. The van der Waals surface area contributed by atoms with E-state index >= 15 is 0 Å². The molecule has 0 heterocycles. The average Bonchev–Trinajstić information content (AvgIpc) is 2.67. The normalized spacial score (nSPS) is 11.1. The molecule has 0 fully saturated rings. The van der Waals surface area contributed by atoms with E-state index in [1.165, 1.54) is 5.56 Å². The van der Waals surface area contributed by atoms with Crippen molar-refractivity contribution in [1.29, 1.82) is 0 Å². The molecule has 0 aromatic heterocycles. The Kier molecular flexibility index (Phi) is 7.71. The smallest absolute Gasteiger partial charge is 0.224 e. The van der Waals surface area contributed by atoms with E-state index in [2.05, 4.69) is 38.2 Å². The summed E-state index contributed by atoms with van der Waals surface area (Å²) in [4.78, 5) is 12.1. The van der Waals surface area contributed by atoms with Gasteiger partial charge in [-0.1, -0.05) is 45.0 Å². The lowest BCUT2D eigenvalue weighted by Gasteiger charge is -2.23. The van der Waals surface area contributed by atoms with Crippen LogP contribution in [0.3, 0.4) is 0 Å². The third kappa shape index (κ3) is 6.31. The fourth-order valence-electron chi connectivity index (χ4n) is 2.69. The molecular weight excluding hydrogens is 338 g/mol. The van der Waals surface area contributed by atoms with Gasteiger partial charge in [-0.05, 0) is 55.0 Å². The number of carbonyl (C=O) groups excluding carboxylic acids is 1.